The summed E-state index contributed by atoms with van der Waals surface area (Å²) in [4.78, 5) is 25.7. The first kappa shape index (κ1) is 14.8. The van der Waals surface area contributed by atoms with Crippen LogP contribution in [0.1, 0.15) is 15.4 Å². The van der Waals surface area contributed by atoms with Crippen LogP contribution in [0.15, 0.2) is 12.1 Å². The number of thiazole rings is 1. The Balaban J connectivity index is 2.44. The molecule has 0 radical (unpaired) electrons. The van der Waals surface area contributed by atoms with Gasteiger partial charge in [-0.2, -0.15) is 0 Å². The number of nitrogen functional groups attached to an aromatic ring is 1. The highest BCUT2D eigenvalue weighted by Gasteiger charge is 2.25. The molecule has 1 heterocycles. The molecular weight excluding hydrogens is 306 g/mol. The standard InChI is InChI=1S/C11H8F2N4O3S/c1-4-9(21-11(14)15-4)10(18)16-8-6(17(19)20)3-2-5(12)7(8)13/h2-3H,1H3,(H2,14,15)(H,16,18). The van der Waals surface area contributed by atoms with E-state index in [1.54, 1.807) is 0 Å². The van der Waals surface area contributed by atoms with Crippen LogP contribution in [0.2, 0.25) is 0 Å². The van der Waals surface area contributed by atoms with Gasteiger partial charge in [-0.25, -0.2) is 13.8 Å². The third-order valence-corrected chi connectivity index (χ3v) is 3.51. The lowest BCUT2D eigenvalue weighted by atomic mass is 10.2. The summed E-state index contributed by atoms with van der Waals surface area (Å²) in [5.74, 6) is -3.67. The van der Waals surface area contributed by atoms with Crippen LogP contribution < -0.4 is 11.1 Å². The third kappa shape index (κ3) is 2.79. The number of carbonyl (C=O) groups is 1. The number of aromatic nitrogens is 1. The van der Waals surface area contributed by atoms with Gasteiger partial charge in [0.25, 0.3) is 11.6 Å². The normalized spacial score (nSPS) is 10.4. The lowest BCUT2D eigenvalue weighted by Crippen LogP contribution is -2.15. The number of rotatable bonds is 3. The zero-order valence-corrected chi connectivity index (χ0v) is 11.3. The molecule has 0 saturated heterocycles. The minimum Gasteiger partial charge on any atom is -0.375 e. The van der Waals surface area contributed by atoms with E-state index in [9.17, 15) is 23.7 Å². The predicted molar refractivity (Wildman–Crippen MR) is 72.2 cm³/mol. The predicted octanol–water partition coefficient (Wildman–Crippen LogP) is 2.47. The summed E-state index contributed by atoms with van der Waals surface area (Å²) >= 11 is 0.835. The second-order valence-corrected chi connectivity index (χ2v) is 4.96. The fourth-order valence-corrected chi connectivity index (χ4v) is 2.34. The minimum absolute atomic E-state index is 0.0606. The maximum Gasteiger partial charge on any atom is 0.296 e. The molecule has 0 fully saturated rings. The van der Waals surface area contributed by atoms with Gasteiger partial charge in [-0.15, -0.1) is 0 Å². The van der Waals surface area contributed by atoms with Gasteiger partial charge >= 0.3 is 0 Å². The van der Waals surface area contributed by atoms with E-state index in [-0.39, 0.29) is 15.7 Å². The Bertz CT molecular complexity index is 747. The highest BCUT2D eigenvalue weighted by molar-refractivity contribution is 7.17. The number of halogens is 2. The van der Waals surface area contributed by atoms with E-state index in [2.05, 4.69) is 4.98 Å². The average Bonchev–Trinajstić information content (AvgIpc) is 2.74. The van der Waals surface area contributed by atoms with Crippen LogP contribution in [0.25, 0.3) is 0 Å². The molecule has 3 N–H and O–H groups in total. The van der Waals surface area contributed by atoms with Crippen molar-refractivity contribution in [2.24, 2.45) is 0 Å². The van der Waals surface area contributed by atoms with Crippen molar-refractivity contribution < 1.29 is 18.5 Å². The van der Waals surface area contributed by atoms with Gasteiger partial charge < -0.3 is 11.1 Å². The van der Waals surface area contributed by atoms with Gasteiger partial charge in [0.2, 0.25) is 0 Å². The summed E-state index contributed by atoms with van der Waals surface area (Å²) in [6, 6.07) is 1.38. The number of aryl methyl sites for hydroxylation is 1. The van der Waals surface area contributed by atoms with E-state index in [0.29, 0.717) is 6.07 Å². The molecule has 21 heavy (non-hydrogen) atoms. The van der Waals surface area contributed by atoms with Crippen LogP contribution in [0.3, 0.4) is 0 Å². The Morgan fingerprint density at radius 2 is 2.14 bits per heavy atom. The number of amides is 1. The Hall–Kier alpha value is -2.62. The van der Waals surface area contributed by atoms with E-state index < -0.39 is 33.8 Å². The second kappa shape index (κ2) is 5.40. The van der Waals surface area contributed by atoms with Crippen LogP contribution in [-0.2, 0) is 0 Å². The molecule has 0 bridgehead atoms. The van der Waals surface area contributed by atoms with E-state index in [1.807, 2.05) is 5.32 Å². The Kier molecular flexibility index (Phi) is 3.80. The average molecular weight is 314 g/mol. The summed E-state index contributed by atoms with van der Waals surface area (Å²) < 4.78 is 26.9. The molecule has 0 atom stereocenters. The molecule has 1 aromatic carbocycles. The molecule has 7 nitrogen and oxygen atoms in total. The molecule has 0 aliphatic rings. The number of hydrogen-bond donors (Lipinski definition) is 2. The molecule has 0 aliphatic carbocycles. The van der Waals surface area contributed by atoms with Gasteiger partial charge in [0.1, 0.15) is 4.88 Å². The molecule has 0 aliphatic heterocycles. The quantitative estimate of drug-likeness (QED) is 0.667. The number of anilines is 2. The Morgan fingerprint density at radius 1 is 1.48 bits per heavy atom. The molecule has 1 aromatic heterocycles. The lowest BCUT2D eigenvalue weighted by molar-refractivity contribution is -0.384. The fraction of sp³-hybridized carbons (Fsp3) is 0.0909. The Morgan fingerprint density at radius 3 is 2.67 bits per heavy atom. The van der Waals surface area contributed by atoms with Crippen molar-refractivity contribution in [3.05, 3.63) is 44.5 Å². The first-order valence-electron chi connectivity index (χ1n) is 5.48. The smallest absolute Gasteiger partial charge is 0.296 e. The van der Waals surface area contributed by atoms with Gasteiger partial charge in [0.15, 0.2) is 22.5 Å². The molecule has 0 unspecified atom stereocenters. The van der Waals surface area contributed by atoms with Crippen LogP contribution in [0, 0.1) is 28.7 Å². The molecule has 2 rings (SSSR count). The number of hydrogen-bond acceptors (Lipinski definition) is 6. The van der Waals surface area contributed by atoms with E-state index in [0.717, 1.165) is 17.4 Å². The lowest BCUT2D eigenvalue weighted by Gasteiger charge is -2.06. The van der Waals surface area contributed by atoms with Crippen LogP contribution >= 0.6 is 11.3 Å². The number of nitrogens with zero attached hydrogens (tertiary/aromatic N) is 2. The molecule has 0 saturated carbocycles. The number of nitro benzene ring substituents is 1. The summed E-state index contributed by atoms with van der Waals surface area (Å²) in [6.45, 7) is 1.50. The van der Waals surface area contributed by atoms with Gasteiger partial charge in [-0.05, 0) is 13.0 Å². The van der Waals surface area contributed by atoms with E-state index >= 15 is 0 Å². The molecule has 0 spiro atoms. The molecule has 10 heteroatoms. The van der Waals surface area contributed by atoms with Gasteiger partial charge in [0.05, 0.1) is 10.6 Å². The van der Waals surface area contributed by atoms with Gasteiger partial charge in [0, 0.05) is 6.07 Å². The number of benzene rings is 1. The second-order valence-electron chi connectivity index (χ2n) is 3.93. The zero-order chi connectivity index (χ0) is 15.7. The fourth-order valence-electron chi connectivity index (χ4n) is 1.61. The van der Waals surface area contributed by atoms with E-state index in [1.165, 1.54) is 6.92 Å². The first-order chi connectivity index (χ1) is 9.81. The maximum atomic E-state index is 13.7. The number of nitrogens with two attached hydrogens (primary N) is 1. The third-order valence-electron chi connectivity index (χ3n) is 2.53. The van der Waals surface area contributed by atoms with Crippen LogP contribution in [0.4, 0.5) is 25.3 Å². The van der Waals surface area contributed by atoms with Crippen molar-refractivity contribution in [3.63, 3.8) is 0 Å². The monoisotopic (exact) mass is 314 g/mol. The van der Waals surface area contributed by atoms with Gasteiger partial charge in [-0.3, -0.25) is 14.9 Å². The van der Waals surface area contributed by atoms with Crippen LogP contribution in [0.5, 0.6) is 0 Å². The first-order valence-corrected chi connectivity index (χ1v) is 6.29. The van der Waals surface area contributed by atoms with Crippen molar-refractivity contribution in [3.8, 4) is 0 Å². The summed E-state index contributed by atoms with van der Waals surface area (Å²) in [5, 5.41) is 12.9. The highest BCUT2D eigenvalue weighted by atomic mass is 32.1. The summed E-state index contributed by atoms with van der Waals surface area (Å²) in [7, 11) is 0. The number of carbonyl (C=O) groups excluding carboxylic acids is 1. The molecule has 110 valence electrons. The number of nitrogens with one attached hydrogen (secondary N) is 1. The van der Waals surface area contributed by atoms with Crippen molar-refractivity contribution in [2.75, 3.05) is 11.1 Å². The molecular formula is C11H8F2N4O3S. The minimum atomic E-state index is -1.51. The highest BCUT2D eigenvalue weighted by Crippen LogP contribution is 2.30. The van der Waals surface area contributed by atoms with Crippen molar-refractivity contribution in [2.45, 2.75) is 6.92 Å². The van der Waals surface area contributed by atoms with Crippen molar-refractivity contribution in [1.82, 2.24) is 4.98 Å². The molecule has 2 aromatic rings. The largest absolute Gasteiger partial charge is 0.375 e. The van der Waals surface area contributed by atoms with Crippen molar-refractivity contribution >= 4 is 33.8 Å². The van der Waals surface area contributed by atoms with Gasteiger partial charge in [-0.1, -0.05) is 11.3 Å². The Labute approximate surface area is 120 Å². The SMILES string of the molecule is Cc1nc(N)sc1C(=O)Nc1c([N+](=O)[O-])ccc(F)c1F. The van der Waals surface area contributed by atoms with Crippen molar-refractivity contribution in [1.29, 1.82) is 0 Å². The maximum absolute atomic E-state index is 13.7. The molecule has 1 amide bonds. The number of nitro groups is 1. The zero-order valence-electron chi connectivity index (χ0n) is 10.5. The van der Waals surface area contributed by atoms with E-state index in [4.69, 9.17) is 5.73 Å². The van der Waals surface area contributed by atoms with Crippen LogP contribution in [-0.4, -0.2) is 15.8 Å². The summed E-state index contributed by atoms with van der Waals surface area (Å²) in [5.41, 5.74) is 4.13. The topological polar surface area (TPSA) is 111 Å². The summed E-state index contributed by atoms with van der Waals surface area (Å²) in [6.07, 6.45) is 0.